The molecule has 3 aromatic rings. The average Bonchev–Trinajstić information content (AvgIpc) is 3.22. The van der Waals surface area contributed by atoms with Gasteiger partial charge in [-0.25, -0.2) is 0 Å². The molecule has 2 fully saturated rings. The second kappa shape index (κ2) is 21.7. The van der Waals surface area contributed by atoms with Crippen LogP contribution in [0.1, 0.15) is 92.8 Å². The fourth-order valence-electron chi connectivity index (χ4n) is 7.20. The van der Waals surface area contributed by atoms with Crippen molar-refractivity contribution in [2.45, 2.75) is 104 Å². The van der Waals surface area contributed by atoms with E-state index in [1.54, 1.807) is 30.3 Å². The molecule has 2 amide bonds. The van der Waals surface area contributed by atoms with Gasteiger partial charge in [0, 0.05) is 48.7 Å². The maximum absolute atomic E-state index is 13.3. The third-order valence-corrected chi connectivity index (χ3v) is 10.7. The number of carbonyl (C=O) groups excluding carboxylic acids is 3. The van der Waals surface area contributed by atoms with E-state index in [1.807, 2.05) is 44.2 Å². The van der Waals surface area contributed by atoms with Gasteiger partial charge in [0.05, 0.1) is 11.4 Å². The van der Waals surface area contributed by atoms with Crippen molar-refractivity contribution in [3.63, 3.8) is 0 Å². The minimum atomic E-state index is -1.37. The Morgan fingerprint density at radius 1 is 0.897 bits per heavy atom. The second-order valence-electron chi connectivity index (χ2n) is 15.1. The van der Waals surface area contributed by atoms with Crippen molar-refractivity contribution in [3.05, 3.63) is 95.1 Å². The van der Waals surface area contributed by atoms with E-state index in [2.05, 4.69) is 54.7 Å². The van der Waals surface area contributed by atoms with Crippen LogP contribution in [0.2, 0.25) is 0 Å². The number of Topliss-reactive ketones (excluding diaryl/α,β-unsaturated/α-hetero) is 1. The van der Waals surface area contributed by atoms with Crippen LogP contribution in [-0.2, 0) is 25.7 Å². The van der Waals surface area contributed by atoms with Crippen molar-refractivity contribution in [1.82, 2.24) is 10.2 Å². The summed E-state index contributed by atoms with van der Waals surface area (Å²) in [5.41, 5.74) is 5.58. The summed E-state index contributed by atoms with van der Waals surface area (Å²) >= 11 is 0. The van der Waals surface area contributed by atoms with Gasteiger partial charge in [0.15, 0.2) is 18.4 Å². The number of likely N-dealkylation sites (tertiary alicyclic amines) is 1. The maximum Gasteiger partial charge on any atom is 0.269 e. The number of amides is 2. The number of azo groups is 2. The van der Waals surface area contributed by atoms with Gasteiger partial charge in [0.25, 0.3) is 17.7 Å². The Kier molecular flexibility index (Phi) is 16.2. The van der Waals surface area contributed by atoms with Crippen LogP contribution in [0, 0.1) is 19.3 Å². The van der Waals surface area contributed by atoms with Gasteiger partial charge in [-0.2, -0.15) is 10.2 Å². The highest BCUT2D eigenvalue weighted by atomic mass is 16.5. The molecule has 3 atom stereocenters. The minimum absolute atomic E-state index is 0.0764. The van der Waals surface area contributed by atoms with Crippen LogP contribution in [-0.4, -0.2) is 73.2 Å². The molecule has 5 rings (SSSR count). The molecule has 2 aliphatic heterocycles. The van der Waals surface area contributed by atoms with E-state index in [1.165, 1.54) is 51.7 Å². The van der Waals surface area contributed by atoms with Gasteiger partial charge < -0.3 is 29.9 Å². The van der Waals surface area contributed by atoms with Crippen LogP contribution in [0.15, 0.2) is 93.3 Å². The number of aryl methyl sites for hydroxylation is 2. The quantitative estimate of drug-likeness (QED) is 0.0288. The summed E-state index contributed by atoms with van der Waals surface area (Å²) in [6.07, 6.45) is 10.2. The molecule has 0 bridgehead atoms. The van der Waals surface area contributed by atoms with Gasteiger partial charge >= 0.3 is 0 Å². The maximum atomic E-state index is 13.3. The molecule has 2 aliphatic rings. The lowest BCUT2D eigenvalue weighted by Gasteiger charge is -2.35. The molecule has 2 heterocycles. The van der Waals surface area contributed by atoms with Crippen molar-refractivity contribution >= 4 is 46.7 Å². The normalized spacial score (nSPS) is 18.2. The third-order valence-electron chi connectivity index (χ3n) is 10.7. The molecule has 3 aromatic carbocycles. The fourth-order valence-corrected chi connectivity index (χ4v) is 7.20. The summed E-state index contributed by atoms with van der Waals surface area (Å²) in [6, 6.07) is 17.8. The zero-order chi connectivity index (χ0) is 41.4. The van der Waals surface area contributed by atoms with E-state index in [-0.39, 0.29) is 18.4 Å². The first-order valence-corrected chi connectivity index (χ1v) is 20.2. The topological polar surface area (TPSA) is 174 Å². The van der Waals surface area contributed by atoms with Crippen LogP contribution < -0.4 is 15.5 Å². The number of ketones is 1. The molecule has 0 aromatic heterocycles. The minimum Gasteiger partial charge on any atom is -0.470 e. The number of carbonyl (C=O) groups is 3. The number of ether oxygens (including phenoxy) is 2. The number of rotatable bonds is 18. The SMILES string of the molecule is CC(=O)C(N=Nc1ccc(C(=O)NCCCN2CCCCC2C)cc1)C(=O)Nc1cc(C)c(CO/C(=C/OC=N)N=Nc2ccc(N3CCCCC3C)cc2)cc1C. The molecule has 0 spiro atoms. The first-order chi connectivity index (χ1) is 28.0. The van der Waals surface area contributed by atoms with Crippen LogP contribution in [0.4, 0.5) is 22.7 Å². The molecule has 3 N–H and O–H groups in total. The molecule has 2 saturated heterocycles. The molecule has 3 unspecified atom stereocenters. The highest BCUT2D eigenvalue weighted by Gasteiger charge is 2.24. The lowest BCUT2D eigenvalue weighted by atomic mass is 10.0. The van der Waals surface area contributed by atoms with E-state index in [0.29, 0.717) is 41.3 Å². The van der Waals surface area contributed by atoms with Gasteiger partial charge in [0.2, 0.25) is 6.04 Å². The van der Waals surface area contributed by atoms with Crippen LogP contribution in [0.25, 0.3) is 0 Å². The monoisotopic (exact) mass is 791 g/mol. The van der Waals surface area contributed by atoms with Gasteiger partial charge in [0.1, 0.15) is 6.61 Å². The summed E-state index contributed by atoms with van der Waals surface area (Å²) in [6.45, 7) is 13.3. The summed E-state index contributed by atoms with van der Waals surface area (Å²) in [5.74, 6) is -1.18. The Morgan fingerprint density at radius 3 is 2.28 bits per heavy atom. The lowest BCUT2D eigenvalue weighted by Crippen LogP contribution is -2.39. The summed E-state index contributed by atoms with van der Waals surface area (Å²) in [5, 5.41) is 29.8. The van der Waals surface area contributed by atoms with E-state index in [9.17, 15) is 14.4 Å². The van der Waals surface area contributed by atoms with E-state index in [0.717, 1.165) is 54.8 Å². The van der Waals surface area contributed by atoms with Crippen molar-refractivity contribution in [3.8, 4) is 0 Å². The summed E-state index contributed by atoms with van der Waals surface area (Å²) in [7, 11) is 0. The number of hydrogen-bond donors (Lipinski definition) is 3. The number of benzene rings is 3. The summed E-state index contributed by atoms with van der Waals surface area (Å²) < 4.78 is 11.0. The van der Waals surface area contributed by atoms with E-state index < -0.39 is 17.7 Å². The molecular weight excluding hydrogens is 735 g/mol. The smallest absolute Gasteiger partial charge is 0.269 e. The van der Waals surface area contributed by atoms with E-state index in [4.69, 9.17) is 14.9 Å². The van der Waals surface area contributed by atoms with Crippen molar-refractivity contribution < 1.29 is 23.9 Å². The van der Waals surface area contributed by atoms with Crippen LogP contribution in [0.5, 0.6) is 0 Å². The Bertz CT molecular complexity index is 1960. The predicted molar refractivity (Wildman–Crippen MR) is 226 cm³/mol. The predicted octanol–water partition coefficient (Wildman–Crippen LogP) is 9.08. The Hall–Kier alpha value is -5.76. The van der Waals surface area contributed by atoms with E-state index >= 15 is 0 Å². The number of nitrogens with one attached hydrogen (secondary N) is 3. The first-order valence-electron chi connectivity index (χ1n) is 20.2. The van der Waals surface area contributed by atoms with Crippen molar-refractivity contribution in [1.29, 1.82) is 5.41 Å². The highest BCUT2D eigenvalue weighted by Crippen LogP contribution is 2.28. The summed E-state index contributed by atoms with van der Waals surface area (Å²) in [4.78, 5) is 43.4. The van der Waals surface area contributed by atoms with Crippen LogP contribution >= 0.6 is 0 Å². The van der Waals surface area contributed by atoms with Crippen molar-refractivity contribution in [2.75, 3.05) is 36.4 Å². The number of piperidine rings is 2. The van der Waals surface area contributed by atoms with Gasteiger partial charge in [-0.1, -0.05) is 12.5 Å². The van der Waals surface area contributed by atoms with Crippen molar-refractivity contribution in [2.24, 2.45) is 20.5 Å². The Labute approximate surface area is 341 Å². The lowest BCUT2D eigenvalue weighted by molar-refractivity contribution is -0.126. The number of hydrogen-bond acceptors (Lipinski definition) is 12. The molecular formula is C44H57N9O5. The zero-order valence-electron chi connectivity index (χ0n) is 34.4. The molecule has 0 saturated carbocycles. The van der Waals surface area contributed by atoms with Gasteiger partial charge in [-0.15, -0.1) is 10.2 Å². The number of nitrogens with zero attached hydrogens (tertiary/aromatic N) is 6. The average molecular weight is 792 g/mol. The molecule has 58 heavy (non-hydrogen) atoms. The molecule has 308 valence electrons. The molecule has 14 nitrogen and oxygen atoms in total. The standard InChI is InChI=1S/C44H57N9O5/c1-30-26-40(31(2)25-36(30)27-58-41(28-57-29-45)50-48-38-17-19-39(20-18-38)53-24-9-7-12-33(53)4)47-44(56)42(34(5)54)51-49-37-15-13-35(14-16-37)43(55)46-21-10-23-52-22-8-6-11-32(52)3/h13-20,25-26,28-29,32-33,42,45H,6-12,21-24,27H2,1-5H3,(H,46,55)(H,47,56)/b41-28+,45-29?,50-48?,51-49?. The fraction of sp³-hybridized carbons (Fsp3) is 0.455. The molecule has 0 aliphatic carbocycles. The third kappa shape index (κ3) is 12.6. The number of anilines is 2. The Morgan fingerprint density at radius 2 is 1.59 bits per heavy atom. The first kappa shape index (κ1) is 43.4. The van der Waals surface area contributed by atoms with Crippen LogP contribution in [0.3, 0.4) is 0 Å². The largest absolute Gasteiger partial charge is 0.470 e. The molecule has 0 radical (unpaired) electrons. The van der Waals surface area contributed by atoms with Gasteiger partial charge in [-0.3, -0.25) is 19.8 Å². The van der Waals surface area contributed by atoms with Gasteiger partial charge in [-0.05, 0) is 151 Å². The molecule has 14 heteroatoms. The zero-order valence-corrected chi connectivity index (χ0v) is 34.4. The highest BCUT2D eigenvalue weighted by molar-refractivity contribution is 6.10. The second-order valence-corrected chi connectivity index (χ2v) is 15.1. The Balaban J connectivity index is 1.13.